The van der Waals surface area contributed by atoms with E-state index in [4.69, 9.17) is 4.42 Å². The lowest BCUT2D eigenvalue weighted by atomic mass is 9.91. The Kier molecular flexibility index (Phi) is 4.98. The van der Waals surface area contributed by atoms with Gasteiger partial charge < -0.3 is 19.2 Å². The summed E-state index contributed by atoms with van der Waals surface area (Å²) in [6.07, 6.45) is 9.78. The van der Waals surface area contributed by atoms with Crippen molar-refractivity contribution in [3.05, 3.63) is 24.1 Å². The molecule has 6 heteroatoms. The van der Waals surface area contributed by atoms with Crippen LogP contribution in [0.1, 0.15) is 76.2 Å². The Labute approximate surface area is 166 Å². The van der Waals surface area contributed by atoms with Gasteiger partial charge in [0, 0.05) is 24.2 Å². The normalized spacial score (nSPS) is 24.3. The number of amides is 2. The quantitative estimate of drug-likeness (QED) is 0.865. The smallest absolute Gasteiger partial charge is 0.271 e. The van der Waals surface area contributed by atoms with Crippen molar-refractivity contribution in [2.75, 3.05) is 0 Å². The molecule has 1 N–H and O–H groups in total. The number of hydrogen-bond donors (Lipinski definition) is 1. The summed E-state index contributed by atoms with van der Waals surface area (Å²) in [6.45, 7) is 6.29. The van der Waals surface area contributed by atoms with Crippen LogP contribution < -0.4 is 5.32 Å². The molecule has 2 aliphatic rings. The topological polar surface area (TPSA) is 67.5 Å². The second-order valence-electron chi connectivity index (χ2n) is 8.84. The summed E-state index contributed by atoms with van der Waals surface area (Å²) < 4.78 is 7.44. The Bertz CT molecular complexity index is 873. The minimum atomic E-state index is -0.927. The van der Waals surface area contributed by atoms with Crippen LogP contribution >= 0.6 is 0 Å². The Morgan fingerprint density at radius 3 is 2.57 bits per heavy atom. The molecular weight excluding hydrogens is 354 g/mol. The van der Waals surface area contributed by atoms with E-state index in [1.165, 1.54) is 19.3 Å². The van der Waals surface area contributed by atoms with E-state index in [1.54, 1.807) is 17.2 Å². The van der Waals surface area contributed by atoms with Crippen LogP contribution in [-0.2, 0) is 11.3 Å². The van der Waals surface area contributed by atoms with Crippen molar-refractivity contribution < 1.29 is 14.0 Å². The van der Waals surface area contributed by atoms with Crippen molar-refractivity contribution in [3.63, 3.8) is 0 Å². The predicted molar refractivity (Wildman–Crippen MR) is 108 cm³/mol. The van der Waals surface area contributed by atoms with Gasteiger partial charge in [-0.25, -0.2) is 0 Å². The number of nitrogens with zero attached hydrogens (tertiary/aromatic N) is 2. The average molecular weight is 386 g/mol. The number of carbonyl (C=O) groups is 2. The van der Waals surface area contributed by atoms with E-state index < -0.39 is 5.54 Å². The van der Waals surface area contributed by atoms with Crippen molar-refractivity contribution >= 4 is 22.9 Å². The summed E-state index contributed by atoms with van der Waals surface area (Å²) in [5.41, 5.74) is 1.23. The molecule has 1 saturated carbocycles. The van der Waals surface area contributed by atoms with Gasteiger partial charge in [-0.15, -0.1) is 0 Å². The van der Waals surface area contributed by atoms with Gasteiger partial charge in [0.2, 0.25) is 5.91 Å². The number of fused-ring (bicyclic) bond motifs is 3. The fourth-order valence-corrected chi connectivity index (χ4v) is 4.98. The predicted octanol–water partition coefficient (Wildman–Crippen LogP) is 4.09. The molecule has 4 rings (SSSR count). The van der Waals surface area contributed by atoms with Crippen molar-refractivity contribution in [3.8, 4) is 0 Å². The van der Waals surface area contributed by atoms with E-state index >= 15 is 0 Å². The lowest BCUT2D eigenvalue weighted by Gasteiger charge is -2.46. The van der Waals surface area contributed by atoms with Crippen molar-refractivity contribution in [1.82, 2.24) is 14.8 Å². The molecule has 0 bridgehead atoms. The summed E-state index contributed by atoms with van der Waals surface area (Å²) in [6, 6.07) is 3.79. The standard InChI is InChI=1S/C22H31N3O3/c1-15(2)25-20(26)18-13-19-17(11-12-28-19)24(18)14-22(25,3)21(27)23-16-9-7-5-4-6-8-10-16/h11-13,15-16H,4-10,14H2,1-3H3,(H,23,27)/t22-/m0/s1. The largest absolute Gasteiger partial charge is 0.463 e. The van der Waals surface area contributed by atoms with E-state index in [2.05, 4.69) is 5.32 Å². The zero-order valence-corrected chi connectivity index (χ0v) is 17.2. The van der Waals surface area contributed by atoms with Crippen LogP contribution in [0.25, 0.3) is 11.1 Å². The van der Waals surface area contributed by atoms with Crippen LogP contribution in [0.15, 0.2) is 22.8 Å². The third-order valence-electron chi connectivity index (χ3n) is 6.40. The van der Waals surface area contributed by atoms with Gasteiger partial charge in [-0.05, 0) is 33.6 Å². The van der Waals surface area contributed by atoms with E-state index in [1.807, 2.05) is 31.4 Å². The molecule has 1 aliphatic heterocycles. The monoisotopic (exact) mass is 385 g/mol. The molecule has 0 unspecified atom stereocenters. The maximum Gasteiger partial charge on any atom is 0.271 e. The Hall–Kier alpha value is -2.24. The van der Waals surface area contributed by atoms with Crippen LogP contribution in [-0.4, -0.2) is 38.9 Å². The van der Waals surface area contributed by atoms with E-state index in [0.29, 0.717) is 17.8 Å². The second kappa shape index (κ2) is 7.30. The third kappa shape index (κ3) is 3.12. The Morgan fingerprint density at radius 1 is 1.21 bits per heavy atom. The highest BCUT2D eigenvalue weighted by Crippen LogP contribution is 2.34. The molecule has 1 aliphatic carbocycles. The van der Waals surface area contributed by atoms with Crippen LogP contribution in [0.2, 0.25) is 0 Å². The first-order valence-electron chi connectivity index (χ1n) is 10.6. The highest BCUT2D eigenvalue weighted by atomic mass is 16.3. The fraction of sp³-hybridized carbons (Fsp3) is 0.636. The molecule has 0 saturated heterocycles. The molecule has 1 fully saturated rings. The average Bonchev–Trinajstić information content (AvgIpc) is 3.19. The highest BCUT2D eigenvalue weighted by Gasteiger charge is 2.49. The minimum Gasteiger partial charge on any atom is -0.463 e. The van der Waals surface area contributed by atoms with Crippen molar-refractivity contribution in [2.24, 2.45) is 0 Å². The molecule has 1 atom stereocenters. The summed E-state index contributed by atoms with van der Waals surface area (Å²) in [5, 5.41) is 3.30. The van der Waals surface area contributed by atoms with Crippen molar-refractivity contribution in [2.45, 2.75) is 89.9 Å². The first-order chi connectivity index (χ1) is 13.4. The van der Waals surface area contributed by atoms with Gasteiger partial charge in [0.05, 0.1) is 18.3 Å². The number of hydrogen-bond acceptors (Lipinski definition) is 3. The first-order valence-corrected chi connectivity index (χ1v) is 10.6. The zero-order chi connectivity index (χ0) is 19.9. The molecule has 0 aromatic carbocycles. The number of carbonyl (C=O) groups excluding carboxylic acids is 2. The van der Waals surface area contributed by atoms with Gasteiger partial charge in [0.15, 0.2) is 5.58 Å². The molecule has 0 radical (unpaired) electrons. The van der Waals surface area contributed by atoms with E-state index in [9.17, 15) is 9.59 Å². The lowest BCUT2D eigenvalue weighted by molar-refractivity contribution is -0.134. The van der Waals surface area contributed by atoms with Crippen molar-refractivity contribution in [1.29, 1.82) is 0 Å². The van der Waals surface area contributed by atoms with Gasteiger partial charge in [-0.2, -0.15) is 0 Å². The van der Waals surface area contributed by atoms with Crippen LogP contribution in [0, 0.1) is 0 Å². The van der Waals surface area contributed by atoms with Crippen LogP contribution in [0.3, 0.4) is 0 Å². The maximum absolute atomic E-state index is 13.5. The summed E-state index contributed by atoms with van der Waals surface area (Å²) >= 11 is 0. The fourth-order valence-electron chi connectivity index (χ4n) is 4.98. The van der Waals surface area contributed by atoms with Gasteiger partial charge in [0.1, 0.15) is 11.2 Å². The molecule has 2 aromatic rings. The molecule has 2 aromatic heterocycles. The molecule has 152 valence electrons. The number of furan rings is 1. The Balaban J connectivity index is 1.65. The van der Waals surface area contributed by atoms with Crippen LogP contribution in [0.4, 0.5) is 0 Å². The molecule has 0 spiro atoms. The third-order valence-corrected chi connectivity index (χ3v) is 6.40. The van der Waals surface area contributed by atoms with Gasteiger partial charge in [0.25, 0.3) is 5.91 Å². The SMILES string of the molecule is CC(C)N1C(=O)c2cc3occc3n2C[C@@]1(C)C(=O)NC1CCCCCCC1. The second-order valence-corrected chi connectivity index (χ2v) is 8.84. The molecular formula is C22H31N3O3. The van der Waals surface area contributed by atoms with E-state index in [-0.39, 0.29) is 23.9 Å². The molecule has 3 heterocycles. The molecule has 28 heavy (non-hydrogen) atoms. The maximum atomic E-state index is 13.5. The summed E-state index contributed by atoms with van der Waals surface area (Å²) in [4.78, 5) is 28.6. The number of nitrogens with one attached hydrogen (secondary N) is 1. The minimum absolute atomic E-state index is 0.0453. The Morgan fingerprint density at radius 2 is 1.89 bits per heavy atom. The summed E-state index contributed by atoms with van der Waals surface area (Å²) in [5.74, 6) is -0.154. The van der Waals surface area contributed by atoms with Gasteiger partial charge in [-0.1, -0.05) is 32.1 Å². The number of aromatic nitrogens is 1. The molecule has 6 nitrogen and oxygen atoms in total. The lowest BCUT2D eigenvalue weighted by Crippen LogP contribution is -2.66. The van der Waals surface area contributed by atoms with Gasteiger partial charge >= 0.3 is 0 Å². The van der Waals surface area contributed by atoms with Crippen LogP contribution in [0.5, 0.6) is 0 Å². The number of rotatable bonds is 3. The molecule has 2 amide bonds. The van der Waals surface area contributed by atoms with Gasteiger partial charge in [-0.3, -0.25) is 9.59 Å². The van der Waals surface area contributed by atoms with E-state index in [0.717, 1.165) is 31.2 Å². The first kappa shape index (κ1) is 19.1. The highest BCUT2D eigenvalue weighted by molar-refractivity contribution is 6.03. The summed E-state index contributed by atoms with van der Waals surface area (Å²) in [7, 11) is 0. The zero-order valence-electron chi connectivity index (χ0n) is 17.2.